The summed E-state index contributed by atoms with van der Waals surface area (Å²) in [7, 11) is 3.20. The number of methoxy groups -OCH3 is 2. The van der Waals surface area contributed by atoms with Crippen LogP contribution in [0.25, 0.3) is 6.08 Å². The van der Waals surface area contributed by atoms with E-state index in [4.69, 9.17) is 9.47 Å². The Kier molecular flexibility index (Phi) is 3.52. The Bertz CT molecular complexity index is 671. The summed E-state index contributed by atoms with van der Waals surface area (Å²) < 4.78 is 10.7. The second-order valence-electron chi connectivity index (χ2n) is 4.98. The van der Waals surface area contributed by atoms with E-state index in [2.05, 4.69) is 11.4 Å². The average Bonchev–Trinajstić information content (AvgIpc) is 2.83. The maximum Gasteiger partial charge on any atom is 0.252 e. The molecule has 4 nitrogen and oxygen atoms in total. The zero-order valence-corrected chi connectivity index (χ0v) is 12.1. The fourth-order valence-electron chi connectivity index (χ4n) is 2.77. The molecule has 4 heteroatoms. The van der Waals surface area contributed by atoms with Gasteiger partial charge in [0.2, 0.25) is 0 Å². The second-order valence-corrected chi connectivity index (χ2v) is 4.98. The smallest absolute Gasteiger partial charge is 0.252 e. The summed E-state index contributed by atoms with van der Waals surface area (Å²) in [4.78, 5) is 12.2. The van der Waals surface area contributed by atoms with E-state index in [0.29, 0.717) is 11.5 Å². The van der Waals surface area contributed by atoms with E-state index in [-0.39, 0.29) is 11.8 Å². The van der Waals surface area contributed by atoms with Crippen molar-refractivity contribution < 1.29 is 14.3 Å². The average molecular weight is 283 g/mol. The highest BCUT2D eigenvalue weighted by Gasteiger charge is 2.33. The van der Waals surface area contributed by atoms with E-state index < -0.39 is 0 Å². The van der Waals surface area contributed by atoms with Crippen molar-refractivity contribution in [2.45, 2.75) is 6.42 Å². The van der Waals surface area contributed by atoms with Gasteiger partial charge in [-0.15, -0.1) is 0 Å². The summed E-state index contributed by atoms with van der Waals surface area (Å²) in [5.74, 6) is 1.37. The van der Waals surface area contributed by atoms with Crippen LogP contribution >= 0.6 is 0 Å². The molecule has 3 rings (SSSR count). The van der Waals surface area contributed by atoms with Crippen molar-refractivity contribution in [1.29, 1.82) is 0 Å². The Labute approximate surface area is 123 Å². The number of ether oxygens (including phenoxy) is 2. The molecule has 1 saturated heterocycles. The molecule has 1 aromatic rings. The number of carbonyl (C=O) groups is 1. The molecule has 1 aromatic carbocycles. The van der Waals surface area contributed by atoms with Crippen LogP contribution in [0.3, 0.4) is 0 Å². The number of allylic oxidation sites excluding steroid dienone is 4. The van der Waals surface area contributed by atoms with Crippen LogP contribution in [-0.4, -0.2) is 20.1 Å². The topological polar surface area (TPSA) is 47.6 Å². The molecule has 1 unspecified atom stereocenters. The van der Waals surface area contributed by atoms with Crippen molar-refractivity contribution in [2.24, 2.45) is 5.92 Å². The Hall–Kier alpha value is -2.49. The van der Waals surface area contributed by atoms with Crippen molar-refractivity contribution in [1.82, 2.24) is 5.32 Å². The van der Waals surface area contributed by atoms with Crippen molar-refractivity contribution in [3.05, 3.63) is 53.3 Å². The number of benzene rings is 1. The highest BCUT2D eigenvalue weighted by Crippen LogP contribution is 2.37. The zero-order chi connectivity index (χ0) is 14.8. The molecule has 0 spiro atoms. The third kappa shape index (κ3) is 2.33. The van der Waals surface area contributed by atoms with Gasteiger partial charge in [0.25, 0.3) is 5.91 Å². The second kappa shape index (κ2) is 5.48. The van der Waals surface area contributed by atoms with Gasteiger partial charge in [-0.3, -0.25) is 4.79 Å². The van der Waals surface area contributed by atoms with Crippen LogP contribution in [0.15, 0.2) is 47.7 Å². The van der Waals surface area contributed by atoms with Crippen LogP contribution in [0.2, 0.25) is 0 Å². The van der Waals surface area contributed by atoms with E-state index >= 15 is 0 Å². The molecule has 1 atom stereocenters. The first-order valence-electron chi connectivity index (χ1n) is 6.85. The molecule has 1 fully saturated rings. The lowest BCUT2D eigenvalue weighted by Crippen LogP contribution is -2.13. The quantitative estimate of drug-likeness (QED) is 0.868. The molecule has 2 aliphatic rings. The molecule has 0 radical (unpaired) electrons. The molecule has 108 valence electrons. The Balaban J connectivity index is 2.04. The predicted octanol–water partition coefficient (Wildman–Crippen LogP) is 2.68. The van der Waals surface area contributed by atoms with E-state index in [1.165, 1.54) is 0 Å². The molecule has 0 bridgehead atoms. The largest absolute Gasteiger partial charge is 0.493 e. The van der Waals surface area contributed by atoms with Gasteiger partial charge in [-0.2, -0.15) is 0 Å². The summed E-state index contributed by atoms with van der Waals surface area (Å²) in [5, 5.41) is 2.92. The van der Waals surface area contributed by atoms with Gasteiger partial charge < -0.3 is 14.8 Å². The lowest BCUT2D eigenvalue weighted by molar-refractivity contribution is -0.115. The normalized spacial score (nSPS) is 21.8. The van der Waals surface area contributed by atoms with Crippen LogP contribution in [0.5, 0.6) is 11.5 Å². The Morgan fingerprint density at radius 2 is 2.14 bits per heavy atom. The van der Waals surface area contributed by atoms with Crippen molar-refractivity contribution >= 4 is 12.0 Å². The zero-order valence-electron chi connectivity index (χ0n) is 12.1. The van der Waals surface area contributed by atoms with E-state index in [1.54, 1.807) is 14.2 Å². The van der Waals surface area contributed by atoms with Crippen molar-refractivity contribution in [3.63, 3.8) is 0 Å². The van der Waals surface area contributed by atoms with Crippen LogP contribution in [0.4, 0.5) is 0 Å². The summed E-state index contributed by atoms with van der Waals surface area (Å²) in [5.41, 5.74) is 2.57. The Morgan fingerprint density at radius 3 is 2.90 bits per heavy atom. The molecule has 21 heavy (non-hydrogen) atoms. The van der Waals surface area contributed by atoms with Crippen molar-refractivity contribution in [3.8, 4) is 11.5 Å². The standard InChI is InChI=1S/C17H17NO3/c1-20-15-9-5-6-11(16(15)21-2)10-13-12-7-3-4-8-14(12)18-17(13)19/h3-6,8-10,12H,7H2,1-2H3,(H,18,19). The van der Waals surface area contributed by atoms with Gasteiger partial charge in [0.1, 0.15) is 0 Å². The van der Waals surface area contributed by atoms with Gasteiger partial charge in [0, 0.05) is 22.8 Å². The number of amides is 1. The molecule has 1 aliphatic carbocycles. The predicted molar refractivity (Wildman–Crippen MR) is 81.0 cm³/mol. The minimum Gasteiger partial charge on any atom is -0.493 e. The molecule has 1 N–H and O–H groups in total. The maximum atomic E-state index is 12.2. The van der Waals surface area contributed by atoms with Gasteiger partial charge in [-0.1, -0.05) is 24.3 Å². The monoisotopic (exact) mass is 283 g/mol. The number of nitrogens with one attached hydrogen (secondary N) is 1. The van der Waals surface area contributed by atoms with Gasteiger partial charge >= 0.3 is 0 Å². The lowest BCUT2D eigenvalue weighted by Gasteiger charge is -2.13. The number of para-hydroxylation sites is 1. The van der Waals surface area contributed by atoms with Gasteiger partial charge in [0.15, 0.2) is 11.5 Å². The van der Waals surface area contributed by atoms with E-state index in [0.717, 1.165) is 23.3 Å². The molecule has 1 aliphatic heterocycles. The van der Waals surface area contributed by atoms with Gasteiger partial charge in [0.05, 0.1) is 14.2 Å². The minimum absolute atomic E-state index is 0.0418. The summed E-state index contributed by atoms with van der Waals surface area (Å²) >= 11 is 0. The van der Waals surface area contributed by atoms with E-state index in [9.17, 15) is 4.79 Å². The SMILES string of the molecule is COc1cccc(C=C2C(=O)NC3=CC=CCC32)c1OC. The molecule has 0 saturated carbocycles. The highest BCUT2D eigenvalue weighted by atomic mass is 16.5. The van der Waals surface area contributed by atoms with Crippen molar-refractivity contribution in [2.75, 3.05) is 14.2 Å². The molecule has 0 aromatic heterocycles. The number of rotatable bonds is 3. The summed E-state index contributed by atoms with van der Waals surface area (Å²) in [6, 6.07) is 5.64. The Morgan fingerprint density at radius 1 is 1.29 bits per heavy atom. The molecule has 1 amide bonds. The first-order valence-corrected chi connectivity index (χ1v) is 6.85. The molecular formula is C17H17NO3. The number of hydrogen-bond donors (Lipinski definition) is 1. The third-order valence-corrected chi connectivity index (χ3v) is 3.80. The fourth-order valence-corrected chi connectivity index (χ4v) is 2.77. The lowest BCUT2D eigenvalue weighted by atomic mass is 9.91. The van der Waals surface area contributed by atoms with Gasteiger partial charge in [-0.05, 0) is 24.6 Å². The maximum absolute atomic E-state index is 12.2. The van der Waals surface area contributed by atoms with Crippen LogP contribution < -0.4 is 14.8 Å². The summed E-state index contributed by atoms with van der Waals surface area (Å²) in [6.45, 7) is 0. The van der Waals surface area contributed by atoms with Crippen LogP contribution in [-0.2, 0) is 4.79 Å². The molecule has 1 heterocycles. The number of fused-ring (bicyclic) bond motifs is 1. The summed E-state index contributed by atoms with van der Waals surface area (Å²) in [6.07, 6.45) is 8.73. The number of hydrogen-bond acceptors (Lipinski definition) is 3. The first-order chi connectivity index (χ1) is 10.2. The fraction of sp³-hybridized carbons (Fsp3) is 0.235. The molecular weight excluding hydrogens is 266 g/mol. The highest BCUT2D eigenvalue weighted by molar-refractivity contribution is 6.03. The minimum atomic E-state index is -0.0418. The third-order valence-electron chi connectivity index (χ3n) is 3.80. The number of carbonyl (C=O) groups excluding carboxylic acids is 1. The van der Waals surface area contributed by atoms with Gasteiger partial charge in [-0.25, -0.2) is 0 Å². The van der Waals surface area contributed by atoms with Crippen LogP contribution in [0.1, 0.15) is 12.0 Å². The first kappa shape index (κ1) is 13.5. The van der Waals surface area contributed by atoms with Crippen LogP contribution in [0, 0.1) is 5.92 Å². The van der Waals surface area contributed by atoms with E-state index in [1.807, 2.05) is 36.4 Å².